The number of methoxy groups -OCH3 is 2. The Kier molecular flexibility index (Phi) is 5.93. The molecule has 1 aromatic heterocycles. The predicted octanol–water partition coefficient (Wildman–Crippen LogP) is 4.39. The zero-order valence-electron chi connectivity index (χ0n) is 18.3. The summed E-state index contributed by atoms with van der Waals surface area (Å²) < 4.78 is 16.2. The van der Waals surface area contributed by atoms with Gasteiger partial charge in [0.1, 0.15) is 11.5 Å². The molecule has 2 aromatic carbocycles. The number of carbonyl (C=O) groups excluding carboxylic acids is 1. The number of carbonyl (C=O) groups is 1. The summed E-state index contributed by atoms with van der Waals surface area (Å²) in [6.45, 7) is 5.31. The van der Waals surface area contributed by atoms with Gasteiger partial charge in [0.05, 0.1) is 20.1 Å². The van der Waals surface area contributed by atoms with Crippen molar-refractivity contribution in [1.29, 1.82) is 0 Å². The normalized spacial score (nSPS) is 16.2. The molecule has 3 aromatic rings. The SMILES string of the molecule is COc1ccc(CN2CC(c3nc(-c4ccc(C(C)C)cc4)no3)CC2=O)c(OC)c1. The van der Waals surface area contributed by atoms with Gasteiger partial charge in [0.25, 0.3) is 0 Å². The summed E-state index contributed by atoms with van der Waals surface area (Å²) in [6, 6.07) is 13.8. The maximum atomic E-state index is 12.6. The van der Waals surface area contributed by atoms with E-state index in [1.807, 2.05) is 30.3 Å². The fourth-order valence-electron chi connectivity index (χ4n) is 3.81. The summed E-state index contributed by atoms with van der Waals surface area (Å²) in [5.74, 6) is 2.87. The topological polar surface area (TPSA) is 77.7 Å². The Morgan fingerprint density at radius 1 is 1.13 bits per heavy atom. The van der Waals surface area contributed by atoms with Crippen molar-refractivity contribution in [2.24, 2.45) is 0 Å². The lowest BCUT2D eigenvalue weighted by Gasteiger charge is -2.18. The van der Waals surface area contributed by atoms with E-state index >= 15 is 0 Å². The first-order valence-corrected chi connectivity index (χ1v) is 10.4. The maximum Gasteiger partial charge on any atom is 0.232 e. The van der Waals surface area contributed by atoms with Crippen LogP contribution in [0, 0.1) is 0 Å². The van der Waals surface area contributed by atoms with Gasteiger partial charge in [0.15, 0.2) is 0 Å². The Balaban J connectivity index is 1.46. The van der Waals surface area contributed by atoms with Crippen LogP contribution in [-0.4, -0.2) is 41.7 Å². The largest absolute Gasteiger partial charge is 0.497 e. The number of likely N-dealkylation sites (tertiary alicyclic amines) is 1. The van der Waals surface area contributed by atoms with E-state index in [4.69, 9.17) is 14.0 Å². The van der Waals surface area contributed by atoms with E-state index in [2.05, 4.69) is 36.1 Å². The van der Waals surface area contributed by atoms with Crippen LogP contribution in [-0.2, 0) is 11.3 Å². The van der Waals surface area contributed by atoms with Crippen LogP contribution in [0.4, 0.5) is 0 Å². The molecule has 0 spiro atoms. The van der Waals surface area contributed by atoms with Crippen molar-refractivity contribution in [2.75, 3.05) is 20.8 Å². The Bertz CT molecular complexity index is 1060. The summed E-state index contributed by atoms with van der Waals surface area (Å²) in [4.78, 5) is 19.0. The van der Waals surface area contributed by atoms with E-state index in [1.165, 1.54) is 5.56 Å². The monoisotopic (exact) mass is 421 g/mol. The van der Waals surface area contributed by atoms with E-state index in [1.54, 1.807) is 19.1 Å². The zero-order chi connectivity index (χ0) is 22.0. The average Bonchev–Trinajstić information content (AvgIpc) is 3.41. The second-order valence-electron chi connectivity index (χ2n) is 8.09. The second-order valence-corrected chi connectivity index (χ2v) is 8.09. The molecular weight excluding hydrogens is 394 g/mol. The molecule has 1 aliphatic heterocycles. The highest BCUT2D eigenvalue weighted by Crippen LogP contribution is 2.32. The predicted molar refractivity (Wildman–Crippen MR) is 116 cm³/mol. The van der Waals surface area contributed by atoms with Gasteiger partial charge in [-0.15, -0.1) is 0 Å². The molecule has 162 valence electrons. The molecule has 4 rings (SSSR count). The van der Waals surface area contributed by atoms with Gasteiger partial charge >= 0.3 is 0 Å². The molecule has 1 fully saturated rings. The van der Waals surface area contributed by atoms with E-state index in [0.29, 0.717) is 48.6 Å². The Morgan fingerprint density at radius 3 is 2.58 bits per heavy atom. The highest BCUT2D eigenvalue weighted by molar-refractivity contribution is 5.79. The molecule has 0 N–H and O–H groups in total. The van der Waals surface area contributed by atoms with Gasteiger partial charge in [-0.25, -0.2) is 0 Å². The van der Waals surface area contributed by atoms with Gasteiger partial charge in [0.2, 0.25) is 17.6 Å². The van der Waals surface area contributed by atoms with Crippen molar-refractivity contribution in [2.45, 2.75) is 38.6 Å². The number of hydrogen-bond acceptors (Lipinski definition) is 6. The molecule has 1 aliphatic rings. The van der Waals surface area contributed by atoms with Gasteiger partial charge in [0, 0.05) is 36.7 Å². The van der Waals surface area contributed by atoms with Crippen LogP contribution in [0.3, 0.4) is 0 Å². The van der Waals surface area contributed by atoms with Crippen LogP contribution in [0.2, 0.25) is 0 Å². The van der Waals surface area contributed by atoms with Crippen LogP contribution in [0.15, 0.2) is 47.0 Å². The van der Waals surface area contributed by atoms with Crippen molar-refractivity contribution in [1.82, 2.24) is 15.0 Å². The highest BCUT2D eigenvalue weighted by atomic mass is 16.5. The molecule has 2 heterocycles. The maximum absolute atomic E-state index is 12.6. The molecule has 31 heavy (non-hydrogen) atoms. The lowest BCUT2D eigenvalue weighted by molar-refractivity contribution is -0.128. The highest BCUT2D eigenvalue weighted by Gasteiger charge is 2.34. The van der Waals surface area contributed by atoms with Crippen LogP contribution in [0.5, 0.6) is 11.5 Å². The molecular formula is C24H27N3O4. The minimum Gasteiger partial charge on any atom is -0.497 e. The Hall–Kier alpha value is -3.35. The van der Waals surface area contributed by atoms with Crippen LogP contribution >= 0.6 is 0 Å². The first kappa shape index (κ1) is 20.9. The molecule has 0 aliphatic carbocycles. The summed E-state index contributed by atoms with van der Waals surface area (Å²) in [5, 5.41) is 4.14. The van der Waals surface area contributed by atoms with Crippen LogP contribution < -0.4 is 9.47 Å². The average molecular weight is 421 g/mol. The van der Waals surface area contributed by atoms with Gasteiger partial charge in [-0.3, -0.25) is 4.79 Å². The van der Waals surface area contributed by atoms with Crippen molar-refractivity contribution >= 4 is 5.91 Å². The van der Waals surface area contributed by atoms with E-state index < -0.39 is 0 Å². The van der Waals surface area contributed by atoms with E-state index in [-0.39, 0.29) is 11.8 Å². The molecule has 1 amide bonds. The minimum absolute atomic E-state index is 0.0592. The third-order valence-electron chi connectivity index (χ3n) is 5.70. The van der Waals surface area contributed by atoms with Gasteiger partial charge in [-0.1, -0.05) is 43.3 Å². The fraction of sp³-hybridized carbons (Fsp3) is 0.375. The molecule has 0 radical (unpaired) electrons. The molecule has 0 bridgehead atoms. The molecule has 7 heteroatoms. The number of nitrogens with zero attached hydrogens (tertiary/aromatic N) is 3. The van der Waals surface area contributed by atoms with Gasteiger partial charge in [-0.05, 0) is 23.6 Å². The van der Waals surface area contributed by atoms with Gasteiger partial charge < -0.3 is 18.9 Å². The van der Waals surface area contributed by atoms with Gasteiger partial charge in [-0.2, -0.15) is 4.98 Å². The Labute approximate surface area is 182 Å². The van der Waals surface area contributed by atoms with Crippen molar-refractivity contribution < 1.29 is 18.8 Å². The lowest BCUT2D eigenvalue weighted by Crippen LogP contribution is -2.24. The fourth-order valence-corrected chi connectivity index (χ4v) is 3.81. The minimum atomic E-state index is -0.118. The van der Waals surface area contributed by atoms with Crippen molar-refractivity contribution in [3.8, 4) is 22.9 Å². The molecule has 1 unspecified atom stereocenters. The van der Waals surface area contributed by atoms with Crippen LogP contribution in [0.25, 0.3) is 11.4 Å². The van der Waals surface area contributed by atoms with Crippen molar-refractivity contribution in [3.63, 3.8) is 0 Å². The van der Waals surface area contributed by atoms with E-state index in [9.17, 15) is 4.79 Å². The number of aromatic nitrogens is 2. The third-order valence-corrected chi connectivity index (χ3v) is 5.70. The zero-order valence-corrected chi connectivity index (χ0v) is 18.3. The number of ether oxygens (including phenoxy) is 2. The second kappa shape index (κ2) is 8.79. The summed E-state index contributed by atoms with van der Waals surface area (Å²) >= 11 is 0. The summed E-state index contributed by atoms with van der Waals surface area (Å²) in [6.07, 6.45) is 0.354. The molecule has 0 saturated carbocycles. The lowest BCUT2D eigenvalue weighted by atomic mass is 10.0. The summed E-state index contributed by atoms with van der Waals surface area (Å²) in [5.41, 5.74) is 3.09. The smallest absolute Gasteiger partial charge is 0.232 e. The third kappa shape index (κ3) is 4.40. The molecule has 1 atom stereocenters. The summed E-state index contributed by atoms with van der Waals surface area (Å²) in [7, 11) is 3.22. The Morgan fingerprint density at radius 2 is 1.90 bits per heavy atom. The number of amides is 1. The standard InChI is InChI=1S/C24H27N3O4/c1-15(2)16-5-7-17(8-6-16)23-25-24(31-26-23)19-11-22(28)27(14-19)13-18-9-10-20(29-3)12-21(18)30-4/h5-10,12,15,19H,11,13-14H2,1-4H3. The quantitative estimate of drug-likeness (QED) is 0.563. The first-order valence-electron chi connectivity index (χ1n) is 10.4. The van der Waals surface area contributed by atoms with E-state index in [0.717, 1.165) is 11.1 Å². The first-order chi connectivity index (χ1) is 15.0. The molecule has 7 nitrogen and oxygen atoms in total. The number of benzene rings is 2. The molecule has 1 saturated heterocycles. The number of hydrogen-bond donors (Lipinski definition) is 0. The van der Waals surface area contributed by atoms with Crippen molar-refractivity contribution in [3.05, 3.63) is 59.5 Å². The van der Waals surface area contributed by atoms with Crippen LogP contribution in [0.1, 0.15) is 49.1 Å². The number of rotatable bonds is 7.